The Morgan fingerprint density at radius 2 is 0.672 bits per heavy atom. The lowest BCUT2D eigenvalue weighted by molar-refractivity contribution is -0.163. The number of carbonyl (C=O) groups is 2. The van der Waals surface area contributed by atoms with Crippen LogP contribution in [0.1, 0.15) is 265 Å². The molecule has 0 heterocycles. The van der Waals surface area contributed by atoms with Gasteiger partial charge >= 0.3 is 11.9 Å². The zero-order valence-electron chi connectivity index (χ0n) is 39.1. The van der Waals surface area contributed by atoms with Gasteiger partial charge in [0.15, 0.2) is 6.10 Å². The maximum Gasteiger partial charge on any atom is 0.306 e. The van der Waals surface area contributed by atoms with Crippen molar-refractivity contribution in [2.75, 3.05) is 19.8 Å². The minimum atomic E-state index is -0.543. The van der Waals surface area contributed by atoms with Crippen LogP contribution in [0.2, 0.25) is 0 Å². The lowest BCUT2D eigenvalue weighted by atomic mass is 10.1. The molecule has 1 atom stereocenters. The number of hydrogen-bond acceptors (Lipinski definition) is 5. The monoisotopic (exact) mass is 815 g/mol. The van der Waals surface area contributed by atoms with Gasteiger partial charge in [0.05, 0.1) is 6.61 Å². The van der Waals surface area contributed by atoms with Gasteiger partial charge in [-0.25, -0.2) is 0 Å². The first-order valence-electron chi connectivity index (χ1n) is 25.5. The van der Waals surface area contributed by atoms with Crippen LogP contribution in [0.25, 0.3) is 0 Å². The number of carbonyl (C=O) groups excluding carboxylic acids is 2. The van der Waals surface area contributed by atoms with Crippen molar-refractivity contribution >= 4 is 11.9 Å². The lowest BCUT2D eigenvalue weighted by Gasteiger charge is -2.18. The summed E-state index contributed by atoms with van der Waals surface area (Å²) < 4.78 is 17.4. The van der Waals surface area contributed by atoms with Gasteiger partial charge in [0, 0.05) is 19.4 Å². The van der Waals surface area contributed by atoms with E-state index in [1.54, 1.807) is 0 Å². The van der Waals surface area contributed by atoms with E-state index >= 15 is 0 Å². The fraction of sp³-hybridized carbons (Fsp3) is 0.849. The second-order valence-electron chi connectivity index (χ2n) is 17.1. The highest BCUT2D eigenvalue weighted by molar-refractivity contribution is 5.70. The molecule has 58 heavy (non-hydrogen) atoms. The van der Waals surface area contributed by atoms with Crippen LogP contribution in [0.5, 0.6) is 0 Å². The van der Waals surface area contributed by atoms with Crippen molar-refractivity contribution in [2.45, 2.75) is 271 Å². The summed E-state index contributed by atoms with van der Waals surface area (Å²) in [7, 11) is 0. The molecule has 340 valence electrons. The van der Waals surface area contributed by atoms with Crippen molar-refractivity contribution in [1.82, 2.24) is 0 Å². The lowest BCUT2D eigenvalue weighted by Crippen LogP contribution is -2.30. The Kier molecular flexibility index (Phi) is 47.9. The Morgan fingerprint density at radius 1 is 0.362 bits per heavy atom. The van der Waals surface area contributed by atoms with Crippen molar-refractivity contribution in [1.29, 1.82) is 0 Å². The van der Waals surface area contributed by atoms with E-state index in [0.29, 0.717) is 19.4 Å². The van der Waals surface area contributed by atoms with E-state index in [4.69, 9.17) is 14.2 Å². The molecule has 5 heteroatoms. The number of unbranched alkanes of at least 4 members (excludes halogenated alkanes) is 30. The van der Waals surface area contributed by atoms with Gasteiger partial charge in [0.25, 0.3) is 0 Å². The smallest absolute Gasteiger partial charge is 0.306 e. The summed E-state index contributed by atoms with van der Waals surface area (Å²) in [5, 5.41) is 0. The molecule has 0 aliphatic heterocycles. The minimum Gasteiger partial charge on any atom is -0.462 e. The van der Waals surface area contributed by atoms with Gasteiger partial charge in [0.1, 0.15) is 6.61 Å². The highest BCUT2D eigenvalue weighted by Gasteiger charge is 2.17. The summed E-state index contributed by atoms with van der Waals surface area (Å²) >= 11 is 0. The second kappa shape index (κ2) is 49.5. The van der Waals surface area contributed by atoms with Crippen LogP contribution in [0.15, 0.2) is 36.5 Å². The summed E-state index contributed by atoms with van der Waals surface area (Å²) in [5.74, 6) is -0.411. The van der Waals surface area contributed by atoms with Crippen molar-refractivity contribution in [3.63, 3.8) is 0 Å². The zero-order chi connectivity index (χ0) is 42.1. The first kappa shape index (κ1) is 56.1. The molecule has 5 nitrogen and oxygen atoms in total. The summed E-state index contributed by atoms with van der Waals surface area (Å²) in [4.78, 5) is 25.3. The SMILES string of the molecule is CCCCCC/C=C\CCCCCCCC(=O)OCC(COCCCCCCCC/C=C\CCCCCCCC)OC(=O)CCCCCCC/C=C\CCCCCC. The molecule has 0 aromatic carbocycles. The maximum atomic E-state index is 12.8. The van der Waals surface area contributed by atoms with E-state index < -0.39 is 6.10 Å². The van der Waals surface area contributed by atoms with Gasteiger partial charge < -0.3 is 14.2 Å². The van der Waals surface area contributed by atoms with Crippen LogP contribution in [0.3, 0.4) is 0 Å². The number of hydrogen-bond donors (Lipinski definition) is 0. The summed E-state index contributed by atoms with van der Waals surface area (Å²) in [6.07, 6.45) is 58.6. The van der Waals surface area contributed by atoms with Crippen molar-refractivity contribution in [2.24, 2.45) is 0 Å². The van der Waals surface area contributed by atoms with Crippen LogP contribution < -0.4 is 0 Å². The highest BCUT2D eigenvalue weighted by atomic mass is 16.6. The van der Waals surface area contributed by atoms with E-state index in [1.165, 1.54) is 167 Å². The number of esters is 2. The molecule has 1 unspecified atom stereocenters. The summed E-state index contributed by atoms with van der Waals surface area (Å²) in [6, 6.07) is 0. The highest BCUT2D eigenvalue weighted by Crippen LogP contribution is 2.14. The van der Waals surface area contributed by atoms with E-state index in [-0.39, 0.29) is 25.2 Å². The third-order valence-corrected chi connectivity index (χ3v) is 11.1. The van der Waals surface area contributed by atoms with Gasteiger partial charge in [-0.2, -0.15) is 0 Å². The van der Waals surface area contributed by atoms with Gasteiger partial charge in [-0.1, -0.05) is 192 Å². The number of ether oxygens (including phenoxy) is 3. The Morgan fingerprint density at radius 3 is 1.07 bits per heavy atom. The van der Waals surface area contributed by atoms with Crippen LogP contribution >= 0.6 is 0 Å². The third kappa shape index (κ3) is 46.8. The Hall–Kier alpha value is -1.88. The molecule has 0 saturated carbocycles. The molecule has 0 aliphatic rings. The van der Waals surface area contributed by atoms with Gasteiger partial charge in [-0.15, -0.1) is 0 Å². The van der Waals surface area contributed by atoms with E-state index in [9.17, 15) is 9.59 Å². The van der Waals surface area contributed by atoms with Crippen LogP contribution in [0, 0.1) is 0 Å². The van der Waals surface area contributed by atoms with Crippen molar-refractivity contribution < 1.29 is 23.8 Å². The molecule has 0 radical (unpaired) electrons. The Bertz CT molecular complexity index is 924. The molecule has 0 amide bonds. The molecule has 0 rings (SSSR count). The molecular weight excluding hydrogens is 717 g/mol. The fourth-order valence-corrected chi connectivity index (χ4v) is 7.26. The molecule has 0 bridgehead atoms. The van der Waals surface area contributed by atoms with Crippen LogP contribution in [0.4, 0.5) is 0 Å². The van der Waals surface area contributed by atoms with Gasteiger partial charge in [-0.3, -0.25) is 9.59 Å². The van der Waals surface area contributed by atoms with E-state index in [2.05, 4.69) is 57.2 Å². The number of rotatable bonds is 47. The normalized spacial score (nSPS) is 12.4. The Balaban J connectivity index is 4.27. The minimum absolute atomic E-state index is 0.0783. The average Bonchev–Trinajstić information content (AvgIpc) is 3.22. The predicted molar refractivity (Wildman–Crippen MR) is 252 cm³/mol. The second-order valence-corrected chi connectivity index (χ2v) is 17.1. The average molecular weight is 815 g/mol. The zero-order valence-corrected chi connectivity index (χ0v) is 39.1. The molecule has 0 aliphatic carbocycles. The molecule has 0 aromatic rings. The van der Waals surface area contributed by atoms with E-state index in [0.717, 1.165) is 64.2 Å². The summed E-state index contributed by atoms with van der Waals surface area (Å²) in [5.41, 5.74) is 0. The Labute approximate surface area is 361 Å². The summed E-state index contributed by atoms with van der Waals surface area (Å²) in [6.45, 7) is 7.79. The van der Waals surface area contributed by atoms with Gasteiger partial charge in [0.2, 0.25) is 0 Å². The predicted octanol–water partition coefficient (Wildman–Crippen LogP) is 17.0. The standard InChI is InChI=1S/C53H98O5/c1-4-7-10-13-16-19-22-25-26-27-30-33-36-39-42-45-48-56-49-51(58-53(55)47-44-41-38-35-32-29-24-21-18-15-12-9-6-3)50-57-52(54)46-43-40-37-34-31-28-23-20-17-14-11-8-5-2/h20-21,23-26,51H,4-19,22,27-50H2,1-3H3/b23-20-,24-21-,26-25-. The van der Waals surface area contributed by atoms with E-state index in [1.807, 2.05) is 0 Å². The first-order valence-corrected chi connectivity index (χ1v) is 25.5. The fourth-order valence-electron chi connectivity index (χ4n) is 7.26. The quantitative estimate of drug-likeness (QED) is 0.0348. The van der Waals surface area contributed by atoms with Crippen molar-refractivity contribution in [3.05, 3.63) is 36.5 Å². The largest absolute Gasteiger partial charge is 0.462 e. The molecule has 0 spiro atoms. The molecular formula is C53H98O5. The molecule has 0 N–H and O–H groups in total. The first-order chi connectivity index (χ1) is 28.6. The molecule has 0 aromatic heterocycles. The van der Waals surface area contributed by atoms with Crippen LogP contribution in [-0.2, 0) is 23.8 Å². The van der Waals surface area contributed by atoms with Crippen molar-refractivity contribution in [3.8, 4) is 0 Å². The topological polar surface area (TPSA) is 61.8 Å². The van der Waals surface area contributed by atoms with Crippen LogP contribution in [-0.4, -0.2) is 37.9 Å². The third-order valence-electron chi connectivity index (χ3n) is 11.1. The maximum absolute atomic E-state index is 12.8. The molecule has 0 saturated heterocycles. The molecule has 0 fully saturated rings. The number of allylic oxidation sites excluding steroid dienone is 6. The van der Waals surface area contributed by atoms with Gasteiger partial charge in [-0.05, 0) is 96.3 Å².